The maximum atomic E-state index is 12.1. The molecule has 2 rings (SSSR count). The lowest BCUT2D eigenvalue weighted by molar-refractivity contribution is -0.115. The topological polar surface area (TPSA) is 49.3 Å². The Balaban J connectivity index is 2.15. The normalized spacial score (nSPS) is 10.3. The van der Waals surface area contributed by atoms with Gasteiger partial charge in [-0.1, -0.05) is 24.3 Å². The first-order valence-corrected chi connectivity index (χ1v) is 7.10. The van der Waals surface area contributed by atoms with Gasteiger partial charge >= 0.3 is 0 Å². The minimum atomic E-state index is -0.154. The molecule has 0 aliphatic rings. The van der Waals surface area contributed by atoms with Crippen LogP contribution >= 0.6 is 15.9 Å². The Hall–Kier alpha value is -1.81. The van der Waals surface area contributed by atoms with Crippen LogP contribution in [0.1, 0.15) is 16.7 Å². The molecule has 0 spiro atoms. The van der Waals surface area contributed by atoms with Crippen LogP contribution in [0.3, 0.4) is 0 Å². The molecule has 2 N–H and O–H groups in total. The van der Waals surface area contributed by atoms with E-state index in [4.69, 9.17) is 0 Å². The van der Waals surface area contributed by atoms with Gasteiger partial charge in [0.25, 0.3) is 0 Å². The Morgan fingerprint density at radius 3 is 2.60 bits per heavy atom. The van der Waals surface area contributed by atoms with Gasteiger partial charge in [-0.2, -0.15) is 0 Å². The van der Waals surface area contributed by atoms with Gasteiger partial charge in [-0.15, -0.1) is 0 Å². The molecule has 0 bridgehead atoms. The van der Waals surface area contributed by atoms with Crippen LogP contribution < -0.4 is 5.32 Å². The Morgan fingerprint density at radius 2 is 1.95 bits per heavy atom. The quantitative estimate of drug-likeness (QED) is 0.893. The molecule has 0 heterocycles. The highest BCUT2D eigenvalue weighted by Crippen LogP contribution is 2.28. The average Bonchev–Trinajstić information content (AvgIpc) is 2.36. The number of amides is 1. The maximum absolute atomic E-state index is 12.1. The van der Waals surface area contributed by atoms with Gasteiger partial charge in [0.2, 0.25) is 5.91 Å². The molecule has 4 heteroatoms. The second-order valence-corrected chi connectivity index (χ2v) is 5.65. The van der Waals surface area contributed by atoms with E-state index in [1.807, 2.05) is 26.0 Å². The van der Waals surface area contributed by atoms with E-state index in [-0.39, 0.29) is 18.1 Å². The summed E-state index contributed by atoms with van der Waals surface area (Å²) >= 11 is 3.46. The van der Waals surface area contributed by atoms with Gasteiger partial charge in [-0.25, -0.2) is 0 Å². The molecule has 2 aromatic rings. The van der Waals surface area contributed by atoms with Crippen LogP contribution in [0.25, 0.3) is 0 Å². The van der Waals surface area contributed by atoms with Crippen molar-refractivity contribution in [1.29, 1.82) is 0 Å². The van der Waals surface area contributed by atoms with Gasteiger partial charge < -0.3 is 10.4 Å². The van der Waals surface area contributed by atoms with Crippen LogP contribution in [-0.2, 0) is 11.2 Å². The van der Waals surface area contributed by atoms with Gasteiger partial charge in [0.15, 0.2) is 0 Å². The molecule has 0 atom stereocenters. The number of aryl methyl sites for hydroxylation is 2. The molecule has 0 aliphatic heterocycles. The van der Waals surface area contributed by atoms with Crippen LogP contribution in [0.15, 0.2) is 40.9 Å². The average molecular weight is 334 g/mol. The summed E-state index contributed by atoms with van der Waals surface area (Å²) in [5.41, 5.74) is 3.53. The van der Waals surface area contributed by atoms with E-state index >= 15 is 0 Å². The Bertz CT molecular complexity index is 630. The summed E-state index contributed by atoms with van der Waals surface area (Å²) in [6, 6.07) is 10.8. The predicted octanol–water partition coefficient (Wildman–Crippen LogP) is 3.95. The lowest BCUT2D eigenvalue weighted by Gasteiger charge is -2.12. The number of rotatable bonds is 3. The summed E-state index contributed by atoms with van der Waals surface area (Å²) in [6.45, 7) is 3.96. The Labute approximate surface area is 126 Å². The fourth-order valence-corrected chi connectivity index (χ4v) is 2.86. The lowest BCUT2D eigenvalue weighted by atomic mass is 10.1. The molecule has 1 amide bonds. The molecule has 0 radical (unpaired) electrons. The van der Waals surface area contributed by atoms with E-state index in [1.165, 1.54) is 0 Å². The first-order chi connectivity index (χ1) is 9.47. The van der Waals surface area contributed by atoms with Gasteiger partial charge in [-0.3, -0.25) is 4.79 Å². The highest BCUT2D eigenvalue weighted by atomic mass is 79.9. The van der Waals surface area contributed by atoms with Gasteiger partial charge in [0, 0.05) is 10.0 Å². The van der Waals surface area contributed by atoms with Crippen LogP contribution in [0, 0.1) is 13.8 Å². The summed E-state index contributed by atoms with van der Waals surface area (Å²) in [4.78, 5) is 12.1. The van der Waals surface area contributed by atoms with Crippen molar-refractivity contribution >= 4 is 27.5 Å². The summed E-state index contributed by atoms with van der Waals surface area (Å²) in [5.74, 6) is -0.0125. The third-order valence-electron chi connectivity index (χ3n) is 3.04. The number of carbonyl (C=O) groups is 1. The van der Waals surface area contributed by atoms with Gasteiger partial charge in [0.05, 0.1) is 12.1 Å². The highest BCUT2D eigenvalue weighted by Gasteiger charge is 2.11. The lowest BCUT2D eigenvalue weighted by Crippen LogP contribution is -2.15. The largest absolute Gasteiger partial charge is 0.508 e. The monoisotopic (exact) mass is 333 g/mol. The van der Waals surface area contributed by atoms with Crippen molar-refractivity contribution in [3.05, 3.63) is 57.6 Å². The van der Waals surface area contributed by atoms with Crippen LogP contribution in [0.4, 0.5) is 5.69 Å². The number of hydrogen-bond acceptors (Lipinski definition) is 2. The maximum Gasteiger partial charge on any atom is 0.228 e. The smallest absolute Gasteiger partial charge is 0.228 e. The fourth-order valence-electron chi connectivity index (χ4n) is 2.09. The number of nitrogens with one attached hydrogen (secondary N) is 1. The zero-order valence-corrected chi connectivity index (χ0v) is 13.0. The molecule has 0 aromatic heterocycles. The molecule has 0 unspecified atom stereocenters. The molecule has 0 saturated carbocycles. The summed E-state index contributed by atoms with van der Waals surface area (Å²) in [7, 11) is 0. The van der Waals surface area contributed by atoms with E-state index in [0.29, 0.717) is 5.56 Å². The van der Waals surface area contributed by atoms with E-state index in [0.717, 1.165) is 21.3 Å². The van der Waals surface area contributed by atoms with Crippen molar-refractivity contribution in [3.63, 3.8) is 0 Å². The van der Waals surface area contributed by atoms with Crippen LogP contribution in [0.5, 0.6) is 5.75 Å². The Morgan fingerprint density at radius 1 is 1.25 bits per heavy atom. The molecule has 0 saturated heterocycles. The van der Waals surface area contributed by atoms with Crippen molar-refractivity contribution in [2.24, 2.45) is 0 Å². The highest BCUT2D eigenvalue weighted by molar-refractivity contribution is 9.10. The number of phenols is 1. The zero-order valence-electron chi connectivity index (χ0n) is 11.4. The van der Waals surface area contributed by atoms with E-state index in [1.54, 1.807) is 24.3 Å². The number of hydrogen-bond donors (Lipinski definition) is 2. The minimum Gasteiger partial charge on any atom is -0.508 e. The van der Waals surface area contributed by atoms with Crippen LogP contribution in [-0.4, -0.2) is 11.0 Å². The second-order valence-electron chi connectivity index (χ2n) is 4.79. The fraction of sp³-hybridized carbons (Fsp3) is 0.188. The number of phenolic OH excluding ortho intramolecular Hbond substituents is 1. The van der Waals surface area contributed by atoms with Gasteiger partial charge in [0.1, 0.15) is 5.75 Å². The first kappa shape index (κ1) is 14.6. The molecule has 0 fully saturated rings. The van der Waals surface area contributed by atoms with Crippen molar-refractivity contribution in [2.45, 2.75) is 20.3 Å². The van der Waals surface area contributed by atoms with E-state index in [9.17, 15) is 9.90 Å². The summed E-state index contributed by atoms with van der Waals surface area (Å²) in [5, 5.41) is 12.6. The number of anilines is 1. The molecule has 0 aliphatic carbocycles. The number of halogens is 1. The Kier molecular flexibility index (Phi) is 4.45. The third-order valence-corrected chi connectivity index (χ3v) is 3.66. The number of para-hydroxylation sites is 1. The third kappa shape index (κ3) is 3.39. The van der Waals surface area contributed by atoms with Crippen molar-refractivity contribution in [1.82, 2.24) is 0 Å². The first-order valence-electron chi connectivity index (χ1n) is 6.31. The number of benzene rings is 2. The molecule has 20 heavy (non-hydrogen) atoms. The zero-order chi connectivity index (χ0) is 14.7. The molecule has 3 nitrogen and oxygen atoms in total. The predicted molar refractivity (Wildman–Crippen MR) is 84.1 cm³/mol. The standard InChI is InChI=1S/C16H16BrNO2/c1-10-7-11(2)16(13(17)8-10)18-15(20)9-12-5-3-4-6-14(12)19/h3-8,19H,9H2,1-2H3,(H,18,20). The van der Waals surface area contributed by atoms with Crippen molar-refractivity contribution in [3.8, 4) is 5.75 Å². The SMILES string of the molecule is Cc1cc(C)c(NC(=O)Cc2ccccc2O)c(Br)c1. The van der Waals surface area contributed by atoms with Gasteiger partial charge in [-0.05, 0) is 53.0 Å². The summed E-state index contributed by atoms with van der Waals surface area (Å²) < 4.78 is 0.862. The minimum absolute atomic E-state index is 0.141. The molecule has 2 aromatic carbocycles. The number of aromatic hydroxyl groups is 1. The van der Waals surface area contributed by atoms with Crippen molar-refractivity contribution in [2.75, 3.05) is 5.32 Å². The van der Waals surface area contributed by atoms with Crippen LogP contribution in [0.2, 0.25) is 0 Å². The summed E-state index contributed by atoms with van der Waals surface area (Å²) in [6.07, 6.45) is 0.145. The second kappa shape index (κ2) is 6.09. The number of carbonyl (C=O) groups excluding carboxylic acids is 1. The molecular weight excluding hydrogens is 318 g/mol. The van der Waals surface area contributed by atoms with E-state index < -0.39 is 0 Å². The molecule has 104 valence electrons. The van der Waals surface area contributed by atoms with Crippen molar-refractivity contribution < 1.29 is 9.90 Å². The molecular formula is C16H16BrNO2. The van der Waals surface area contributed by atoms with E-state index in [2.05, 4.69) is 21.2 Å².